The summed E-state index contributed by atoms with van der Waals surface area (Å²) in [7, 11) is 0. The van der Waals surface area contributed by atoms with E-state index in [2.05, 4.69) is 49.6 Å². The van der Waals surface area contributed by atoms with Crippen LogP contribution < -0.4 is 5.32 Å². The fourth-order valence-electron chi connectivity index (χ4n) is 2.67. The molecule has 0 aliphatic carbocycles. The van der Waals surface area contributed by atoms with Crippen LogP contribution in [0.5, 0.6) is 0 Å². The van der Waals surface area contributed by atoms with E-state index in [1.807, 2.05) is 0 Å². The number of hydrogen-bond donors (Lipinski definition) is 1. The van der Waals surface area contributed by atoms with E-state index in [9.17, 15) is 0 Å². The molecule has 4 heteroatoms. The summed E-state index contributed by atoms with van der Waals surface area (Å²) in [5, 5.41) is 6.06. The Hall–Kier alpha value is 0.620. The van der Waals surface area contributed by atoms with Gasteiger partial charge in [0.25, 0.3) is 0 Å². The highest BCUT2D eigenvalue weighted by molar-refractivity contribution is 8.07. The van der Waals surface area contributed by atoms with Crippen LogP contribution in [-0.4, -0.2) is 47.3 Å². The van der Waals surface area contributed by atoms with Gasteiger partial charge in [-0.05, 0) is 13.0 Å². The van der Waals surface area contributed by atoms with Gasteiger partial charge < -0.3 is 10.1 Å². The van der Waals surface area contributed by atoms with Gasteiger partial charge in [0.2, 0.25) is 0 Å². The Labute approximate surface area is 114 Å². The fourth-order valence-corrected chi connectivity index (χ4v) is 5.88. The number of hydrogen-bond acceptors (Lipinski definition) is 4. The van der Waals surface area contributed by atoms with Gasteiger partial charge in [0.15, 0.2) is 0 Å². The molecule has 2 aliphatic rings. The molecule has 100 valence electrons. The molecular weight excluding hydrogens is 250 g/mol. The van der Waals surface area contributed by atoms with Gasteiger partial charge in [0.05, 0.1) is 6.61 Å². The molecule has 0 radical (unpaired) electrons. The number of ether oxygens (including phenoxy) is 1. The molecule has 0 aromatic heterocycles. The van der Waals surface area contributed by atoms with Gasteiger partial charge in [-0.3, -0.25) is 0 Å². The van der Waals surface area contributed by atoms with Gasteiger partial charge in [-0.2, -0.15) is 23.5 Å². The van der Waals surface area contributed by atoms with Crippen LogP contribution in [0.15, 0.2) is 0 Å². The quantitative estimate of drug-likeness (QED) is 0.851. The van der Waals surface area contributed by atoms with Crippen LogP contribution in [0.4, 0.5) is 0 Å². The summed E-state index contributed by atoms with van der Waals surface area (Å²) in [5.74, 6) is 2.03. The summed E-state index contributed by atoms with van der Waals surface area (Å²) < 4.78 is 5.57. The highest BCUT2D eigenvalue weighted by atomic mass is 32.2. The zero-order valence-corrected chi connectivity index (χ0v) is 12.8. The van der Waals surface area contributed by atoms with E-state index in [0.29, 0.717) is 6.04 Å². The van der Waals surface area contributed by atoms with Gasteiger partial charge in [0.1, 0.15) is 0 Å². The molecule has 0 bridgehead atoms. The lowest BCUT2D eigenvalue weighted by Gasteiger charge is -2.38. The van der Waals surface area contributed by atoms with Crippen molar-refractivity contribution in [2.24, 2.45) is 5.92 Å². The summed E-state index contributed by atoms with van der Waals surface area (Å²) >= 11 is 4.34. The zero-order chi connectivity index (χ0) is 12.3. The Morgan fingerprint density at radius 1 is 1.35 bits per heavy atom. The predicted molar refractivity (Wildman–Crippen MR) is 79.2 cm³/mol. The molecule has 0 amide bonds. The SMILES string of the molecule is CCNC(C1CCOC1)C1CSC(C)C(C)S1. The Bertz CT molecular complexity index is 233. The van der Waals surface area contributed by atoms with Crippen molar-refractivity contribution in [2.75, 3.05) is 25.5 Å². The van der Waals surface area contributed by atoms with Crippen molar-refractivity contribution < 1.29 is 4.74 Å². The van der Waals surface area contributed by atoms with Gasteiger partial charge in [0, 0.05) is 40.1 Å². The third-order valence-electron chi connectivity index (χ3n) is 3.89. The van der Waals surface area contributed by atoms with E-state index in [1.54, 1.807) is 0 Å². The van der Waals surface area contributed by atoms with E-state index < -0.39 is 0 Å². The fraction of sp³-hybridized carbons (Fsp3) is 1.00. The van der Waals surface area contributed by atoms with E-state index >= 15 is 0 Å². The van der Waals surface area contributed by atoms with E-state index in [4.69, 9.17) is 4.74 Å². The largest absolute Gasteiger partial charge is 0.381 e. The molecule has 17 heavy (non-hydrogen) atoms. The van der Waals surface area contributed by atoms with Crippen molar-refractivity contribution in [1.29, 1.82) is 0 Å². The molecule has 2 nitrogen and oxygen atoms in total. The molecule has 2 fully saturated rings. The summed E-state index contributed by atoms with van der Waals surface area (Å²) in [6.45, 7) is 9.96. The second-order valence-corrected chi connectivity index (χ2v) is 8.16. The van der Waals surface area contributed by atoms with Crippen LogP contribution in [0.25, 0.3) is 0 Å². The van der Waals surface area contributed by atoms with Crippen molar-refractivity contribution in [2.45, 2.75) is 49.0 Å². The standard InChI is InChI=1S/C13H25NOS2/c1-4-14-13(11-5-6-15-7-11)12-8-16-9(2)10(3)17-12/h9-14H,4-8H2,1-3H3. The summed E-state index contributed by atoms with van der Waals surface area (Å²) in [4.78, 5) is 0. The number of thioether (sulfide) groups is 2. The molecule has 2 heterocycles. The molecule has 5 unspecified atom stereocenters. The van der Waals surface area contributed by atoms with Crippen LogP contribution in [0.1, 0.15) is 27.2 Å². The normalized spacial score (nSPS) is 40.4. The molecular formula is C13H25NOS2. The van der Waals surface area contributed by atoms with Gasteiger partial charge in [-0.25, -0.2) is 0 Å². The first-order chi connectivity index (χ1) is 8.22. The van der Waals surface area contributed by atoms with Crippen molar-refractivity contribution in [3.8, 4) is 0 Å². The average Bonchev–Trinajstić information content (AvgIpc) is 2.83. The second-order valence-electron chi connectivity index (χ2n) is 5.13. The lowest BCUT2D eigenvalue weighted by Crippen LogP contribution is -2.48. The van der Waals surface area contributed by atoms with Crippen molar-refractivity contribution in [3.05, 3.63) is 0 Å². The minimum atomic E-state index is 0.648. The summed E-state index contributed by atoms with van der Waals surface area (Å²) in [6, 6.07) is 0.648. The molecule has 1 N–H and O–H groups in total. The maximum atomic E-state index is 5.57. The number of nitrogens with one attached hydrogen (secondary N) is 1. The molecule has 0 aromatic carbocycles. The first-order valence-corrected chi connectivity index (χ1v) is 8.79. The molecule has 0 aromatic rings. The van der Waals surface area contributed by atoms with E-state index in [1.165, 1.54) is 12.2 Å². The third kappa shape index (κ3) is 3.55. The van der Waals surface area contributed by atoms with Crippen LogP contribution in [0.2, 0.25) is 0 Å². The molecule has 2 rings (SSSR count). The number of rotatable bonds is 4. The van der Waals surface area contributed by atoms with Gasteiger partial charge >= 0.3 is 0 Å². The highest BCUT2D eigenvalue weighted by Gasteiger charge is 2.36. The topological polar surface area (TPSA) is 21.3 Å². The van der Waals surface area contributed by atoms with Crippen molar-refractivity contribution >= 4 is 23.5 Å². The minimum absolute atomic E-state index is 0.648. The van der Waals surface area contributed by atoms with E-state index in [-0.39, 0.29) is 0 Å². The Kier molecular flexibility index (Phi) is 5.52. The lowest BCUT2D eigenvalue weighted by molar-refractivity contribution is 0.177. The summed E-state index contributed by atoms with van der Waals surface area (Å²) in [5.41, 5.74) is 0. The maximum absolute atomic E-state index is 5.57. The summed E-state index contributed by atoms with van der Waals surface area (Å²) in [6.07, 6.45) is 1.24. The predicted octanol–water partition coefficient (Wildman–Crippen LogP) is 2.63. The van der Waals surface area contributed by atoms with Crippen LogP contribution in [-0.2, 0) is 4.74 Å². The van der Waals surface area contributed by atoms with Crippen molar-refractivity contribution in [1.82, 2.24) is 5.32 Å². The second kappa shape index (κ2) is 6.69. The van der Waals surface area contributed by atoms with Crippen LogP contribution in [0, 0.1) is 5.92 Å². The van der Waals surface area contributed by atoms with Crippen LogP contribution in [0.3, 0.4) is 0 Å². The lowest BCUT2D eigenvalue weighted by atomic mass is 9.96. The molecule has 5 atom stereocenters. The molecule has 0 saturated carbocycles. The van der Waals surface area contributed by atoms with Gasteiger partial charge in [-0.15, -0.1) is 0 Å². The maximum Gasteiger partial charge on any atom is 0.0510 e. The zero-order valence-electron chi connectivity index (χ0n) is 11.1. The Morgan fingerprint density at radius 3 is 2.76 bits per heavy atom. The molecule has 0 spiro atoms. The highest BCUT2D eigenvalue weighted by Crippen LogP contribution is 2.39. The van der Waals surface area contributed by atoms with Crippen molar-refractivity contribution in [3.63, 3.8) is 0 Å². The smallest absolute Gasteiger partial charge is 0.0510 e. The monoisotopic (exact) mass is 275 g/mol. The Balaban J connectivity index is 1.95. The minimum Gasteiger partial charge on any atom is -0.381 e. The molecule has 2 aliphatic heterocycles. The Morgan fingerprint density at radius 2 is 2.18 bits per heavy atom. The van der Waals surface area contributed by atoms with E-state index in [0.717, 1.165) is 41.4 Å². The first kappa shape index (κ1) is 14.0. The first-order valence-electron chi connectivity index (χ1n) is 6.80. The molecule has 2 saturated heterocycles. The average molecular weight is 275 g/mol. The van der Waals surface area contributed by atoms with Gasteiger partial charge in [-0.1, -0.05) is 20.8 Å². The third-order valence-corrected chi connectivity index (χ3v) is 7.40. The van der Waals surface area contributed by atoms with Crippen LogP contribution >= 0.6 is 23.5 Å².